The molecule has 0 saturated carbocycles. The van der Waals surface area contributed by atoms with Crippen molar-refractivity contribution in [3.8, 4) is 0 Å². The molecule has 1 aromatic rings. The standard InChI is InChI=1S/C13H18IN3O2/c1-9(18)16-5-2-12-11(8-16)13(14)15-17(12)10-3-6-19-7-4-10/h10H,2-8H2,1H3. The highest BCUT2D eigenvalue weighted by atomic mass is 127. The fourth-order valence-electron chi connectivity index (χ4n) is 2.91. The summed E-state index contributed by atoms with van der Waals surface area (Å²) >= 11 is 2.29. The van der Waals surface area contributed by atoms with Crippen molar-refractivity contribution in [2.45, 2.75) is 38.8 Å². The fraction of sp³-hybridized carbons (Fsp3) is 0.692. The van der Waals surface area contributed by atoms with E-state index in [2.05, 4.69) is 27.3 Å². The SMILES string of the molecule is CC(=O)N1CCc2c(c(I)nn2C2CCOCC2)C1. The molecule has 2 aliphatic heterocycles. The zero-order chi connectivity index (χ0) is 13.4. The molecule has 0 spiro atoms. The Hall–Kier alpha value is -0.630. The van der Waals surface area contributed by atoms with Gasteiger partial charge in [-0.15, -0.1) is 0 Å². The van der Waals surface area contributed by atoms with E-state index in [4.69, 9.17) is 9.84 Å². The Morgan fingerprint density at radius 1 is 1.42 bits per heavy atom. The molecule has 0 aliphatic carbocycles. The smallest absolute Gasteiger partial charge is 0.219 e. The molecule has 0 unspecified atom stereocenters. The highest BCUT2D eigenvalue weighted by molar-refractivity contribution is 14.1. The van der Waals surface area contributed by atoms with E-state index in [9.17, 15) is 4.79 Å². The molecule has 2 aliphatic rings. The second kappa shape index (κ2) is 5.40. The van der Waals surface area contributed by atoms with Gasteiger partial charge in [-0.05, 0) is 35.4 Å². The fourth-order valence-corrected chi connectivity index (χ4v) is 3.62. The first kappa shape index (κ1) is 13.4. The molecule has 3 heterocycles. The number of hydrogen-bond acceptors (Lipinski definition) is 3. The van der Waals surface area contributed by atoms with Crippen LogP contribution in [0.2, 0.25) is 0 Å². The largest absolute Gasteiger partial charge is 0.381 e. The van der Waals surface area contributed by atoms with Crippen molar-refractivity contribution in [1.82, 2.24) is 14.7 Å². The number of aromatic nitrogens is 2. The number of carbonyl (C=O) groups excluding carboxylic acids is 1. The van der Waals surface area contributed by atoms with Crippen molar-refractivity contribution in [3.63, 3.8) is 0 Å². The normalized spacial score (nSPS) is 20.4. The van der Waals surface area contributed by atoms with Gasteiger partial charge in [-0.3, -0.25) is 9.48 Å². The molecule has 0 N–H and O–H groups in total. The highest BCUT2D eigenvalue weighted by Gasteiger charge is 2.28. The van der Waals surface area contributed by atoms with Crippen molar-refractivity contribution in [1.29, 1.82) is 0 Å². The zero-order valence-corrected chi connectivity index (χ0v) is 13.2. The first-order valence-electron chi connectivity index (χ1n) is 6.76. The molecule has 6 heteroatoms. The van der Waals surface area contributed by atoms with Gasteiger partial charge in [-0.2, -0.15) is 5.10 Å². The molecule has 3 rings (SSSR count). The Kier molecular flexibility index (Phi) is 3.79. The number of fused-ring (bicyclic) bond motifs is 1. The topological polar surface area (TPSA) is 47.4 Å². The van der Waals surface area contributed by atoms with Crippen LogP contribution in [0.25, 0.3) is 0 Å². The number of halogens is 1. The Morgan fingerprint density at radius 2 is 2.16 bits per heavy atom. The lowest BCUT2D eigenvalue weighted by Crippen LogP contribution is -2.35. The van der Waals surface area contributed by atoms with Gasteiger partial charge in [0.05, 0.1) is 12.6 Å². The van der Waals surface area contributed by atoms with E-state index in [1.807, 2.05) is 4.90 Å². The molecule has 0 radical (unpaired) electrons. The van der Waals surface area contributed by atoms with Crippen molar-refractivity contribution >= 4 is 28.5 Å². The number of ether oxygens (including phenoxy) is 1. The van der Waals surface area contributed by atoms with E-state index in [0.29, 0.717) is 12.6 Å². The number of rotatable bonds is 1. The first-order chi connectivity index (χ1) is 9.16. The number of nitrogens with zero attached hydrogens (tertiary/aromatic N) is 3. The van der Waals surface area contributed by atoms with Crippen LogP contribution in [-0.2, 0) is 22.5 Å². The number of hydrogen-bond donors (Lipinski definition) is 0. The van der Waals surface area contributed by atoms with E-state index in [1.54, 1.807) is 6.92 Å². The molecule has 0 aromatic carbocycles. The lowest BCUT2D eigenvalue weighted by molar-refractivity contribution is -0.129. The van der Waals surface area contributed by atoms with E-state index >= 15 is 0 Å². The molecule has 19 heavy (non-hydrogen) atoms. The molecule has 1 aromatic heterocycles. The lowest BCUT2D eigenvalue weighted by atomic mass is 10.1. The van der Waals surface area contributed by atoms with Gasteiger partial charge >= 0.3 is 0 Å². The van der Waals surface area contributed by atoms with Gasteiger partial charge in [-0.25, -0.2) is 0 Å². The van der Waals surface area contributed by atoms with Gasteiger partial charge in [-0.1, -0.05) is 0 Å². The second-order valence-corrected chi connectivity index (χ2v) is 6.22. The summed E-state index contributed by atoms with van der Waals surface area (Å²) < 4.78 is 8.68. The van der Waals surface area contributed by atoms with Crippen molar-refractivity contribution in [3.05, 3.63) is 15.0 Å². The number of amides is 1. The van der Waals surface area contributed by atoms with Gasteiger partial charge in [0.2, 0.25) is 5.91 Å². The summed E-state index contributed by atoms with van der Waals surface area (Å²) in [6.45, 7) is 4.82. The third-order valence-electron chi connectivity index (χ3n) is 4.02. The van der Waals surface area contributed by atoms with Gasteiger partial charge < -0.3 is 9.64 Å². The van der Waals surface area contributed by atoms with Crippen LogP contribution >= 0.6 is 22.6 Å². The van der Waals surface area contributed by atoms with E-state index < -0.39 is 0 Å². The predicted molar refractivity (Wildman–Crippen MR) is 78.8 cm³/mol. The van der Waals surface area contributed by atoms with E-state index in [1.165, 1.54) is 11.3 Å². The van der Waals surface area contributed by atoms with Crippen LogP contribution in [0.3, 0.4) is 0 Å². The molecular formula is C13H18IN3O2. The molecule has 1 amide bonds. The maximum atomic E-state index is 11.5. The van der Waals surface area contributed by atoms with Crippen LogP contribution in [0.4, 0.5) is 0 Å². The lowest BCUT2D eigenvalue weighted by Gasteiger charge is -2.29. The molecule has 0 bridgehead atoms. The maximum absolute atomic E-state index is 11.5. The van der Waals surface area contributed by atoms with E-state index in [0.717, 1.165) is 42.7 Å². The molecular weight excluding hydrogens is 357 g/mol. The third kappa shape index (κ3) is 2.52. The molecule has 5 nitrogen and oxygen atoms in total. The van der Waals surface area contributed by atoms with Crippen LogP contribution in [0.15, 0.2) is 0 Å². The Morgan fingerprint density at radius 3 is 2.84 bits per heavy atom. The average molecular weight is 375 g/mol. The quantitative estimate of drug-likeness (QED) is 0.703. The third-order valence-corrected chi connectivity index (χ3v) is 4.89. The van der Waals surface area contributed by atoms with Crippen molar-refractivity contribution in [2.24, 2.45) is 0 Å². The number of carbonyl (C=O) groups is 1. The summed E-state index contributed by atoms with van der Waals surface area (Å²) in [6, 6.07) is 0.467. The first-order valence-corrected chi connectivity index (χ1v) is 7.83. The van der Waals surface area contributed by atoms with Crippen molar-refractivity contribution in [2.75, 3.05) is 19.8 Å². The van der Waals surface area contributed by atoms with Crippen LogP contribution in [-0.4, -0.2) is 40.3 Å². The summed E-state index contributed by atoms with van der Waals surface area (Å²) in [5.41, 5.74) is 2.57. The summed E-state index contributed by atoms with van der Waals surface area (Å²) in [7, 11) is 0. The minimum atomic E-state index is 0.153. The minimum absolute atomic E-state index is 0.153. The van der Waals surface area contributed by atoms with Crippen molar-refractivity contribution < 1.29 is 9.53 Å². The summed E-state index contributed by atoms with van der Waals surface area (Å²) in [4.78, 5) is 13.4. The van der Waals surface area contributed by atoms with Crippen LogP contribution in [0.1, 0.15) is 37.1 Å². The second-order valence-electron chi connectivity index (χ2n) is 5.19. The van der Waals surface area contributed by atoms with Crippen LogP contribution < -0.4 is 0 Å². The minimum Gasteiger partial charge on any atom is -0.381 e. The molecule has 1 saturated heterocycles. The monoisotopic (exact) mass is 375 g/mol. The molecule has 0 atom stereocenters. The van der Waals surface area contributed by atoms with Gasteiger partial charge in [0.1, 0.15) is 3.70 Å². The van der Waals surface area contributed by atoms with E-state index in [-0.39, 0.29) is 5.91 Å². The summed E-state index contributed by atoms with van der Waals surface area (Å²) in [5.74, 6) is 0.153. The molecule has 104 valence electrons. The highest BCUT2D eigenvalue weighted by Crippen LogP contribution is 2.29. The van der Waals surface area contributed by atoms with Gasteiger partial charge in [0.25, 0.3) is 0 Å². The summed E-state index contributed by atoms with van der Waals surface area (Å²) in [6.07, 6.45) is 3.00. The predicted octanol–water partition coefficient (Wildman–Crippen LogP) is 1.74. The Labute approximate surface area is 126 Å². The van der Waals surface area contributed by atoms with Crippen LogP contribution in [0.5, 0.6) is 0 Å². The van der Waals surface area contributed by atoms with Crippen LogP contribution in [0, 0.1) is 3.70 Å². The Balaban J connectivity index is 1.89. The molecule has 1 fully saturated rings. The Bertz CT molecular complexity index is 494. The maximum Gasteiger partial charge on any atom is 0.219 e. The van der Waals surface area contributed by atoms with Gasteiger partial charge in [0.15, 0.2) is 0 Å². The summed E-state index contributed by atoms with van der Waals surface area (Å²) in [5, 5.41) is 4.72. The van der Waals surface area contributed by atoms with Gasteiger partial charge in [0, 0.05) is 44.4 Å². The zero-order valence-electron chi connectivity index (χ0n) is 11.1. The average Bonchev–Trinajstić information content (AvgIpc) is 2.77.